The number of halogens is 2. The van der Waals surface area contributed by atoms with E-state index in [1.54, 1.807) is 24.3 Å². The molecule has 0 bridgehead atoms. The molecule has 1 radical (unpaired) electrons. The first-order valence-electron chi connectivity index (χ1n) is 4.75. The lowest BCUT2D eigenvalue weighted by molar-refractivity contribution is -0.113. The van der Waals surface area contributed by atoms with E-state index in [1.165, 1.54) is 6.20 Å². The lowest BCUT2D eigenvalue weighted by Gasteiger charge is -2.14. The molecule has 0 fully saturated rings. The fraction of sp³-hybridized carbons (Fsp3) is 0.0833. The second-order valence-electron chi connectivity index (χ2n) is 3.40. The third-order valence-corrected chi connectivity index (χ3v) is 2.95. The second kappa shape index (κ2) is 4.82. The maximum atomic E-state index is 12.1. The summed E-state index contributed by atoms with van der Waals surface area (Å²) < 4.78 is 0. The zero-order valence-corrected chi connectivity index (χ0v) is 10.00. The molecule has 1 aliphatic rings. The van der Waals surface area contributed by atoms with Crippen LogP contribution in [0.2, 0.25) is 5.02 Å². The number of hydrogen-bond donors (Lipinski definition) is 0. The van der Waals surface area contributed by atoms with E-state index in [2.05, 4.69) is 11.2 Å². The van der Waals surface area contributed by atoms with Crippen molar-refractivity contribution in [3.63, 3.8) is 0 Å². The summed E-state index contributed by atoms with van der Waals surface area (Å²) in [6, 6.07) is 6.50. The molecular weight excluding hydrogens is 261 g/mol. The van der Waals surface area contributed by atoms with Crippen molar-refractivity contribution in [2.45, 2.75) is 0 Å². The summed E-state index contributed by atoms with van der Waals surface area (Å²) in [7, 11) is 0. The van der Waals surface area contributed by atoms with E-state index < -0.39 is 17.5 Å². The third kappa shape index (κ3) is 2.30. The Morgan fingerprint density at radius 1 is 1.29 bits per heavy atom. The van der Waals surface area contributed by atoms with Crippen molar-refractivity contribution in [3.8, 4) is 0 Å². The van der Waals surface area contributed by atoms with E-state index in [0.29, 0.717) is 0 Å². The molecule has 85 valence electrons. The highest BCUT2D eigenvalue weighted by Crippen LogP contribution is 2.26. The number of rotatable bonds is 2. The smallest absolute Gasteiger partial charge is 0.199 e. The zero-order chi connectivity index (χ0) is 12.4. The molecule has 1 aromatic rings. The SMILES string of the molecule is O=C1[C]=NC=C(Cl)C1C(=O)c1ccccc1Cl. The van der Waals surface area contributed by atoms with Crippen LogP contribution in [-0.4, -0.2) is 17.8 Å². The Hall–Kier alpha value is -1.45. The van der Waals surface area contributed by atoms with Crippen molar-refractivity contribution in [2.75, 3.05) is 0 Å². The van der Waals surface area contributed by atoms with Gasteiger partial charge in [0.05, 0.1) is 10.1 Å². The Bertz CT molecular complexity index is 549. The molecule has 1 aliphatic heterocycles. The number of ketones is 2. The highest BCUT2D eigenvalue weighted by atomic mass is 35.5. The summed E-state index contributed by atoms with van der Waals surface area (Å²) in [5, 5.41) is 0.371. The molecule has 1 heterocycles. The maximum absolute atomic E-state index is 12.1. The Morgan fingerprint density at radius 2 is 2.00 bits per heavy atom. The van der Waals surface area contributed by atoms with Crippen LogP contribution in [0, 0.1) is 5.92 Å². The number of nitrogens with zero attached hydrogens (tertiary/aromatic N) is 1. The first-order valence-corrected chi connectivity index (χ1v) is 5.51. The summed E-state index contributed by atoms with van der Waals surface area (Å²) >= 11 is 11.7. The van der Waals surface area contributed by atoms with Gasteiger partial charge >= 0.3 is 0 Å². The van der Waals surface area contributed by atoms with E-state index >= 15 is 0 Å². The first-order chi connectivity index (χ1) is 8.11. The van der Waals surface area contributed by atoms with E-state index in [-0.39, 0.29) is 15.6 Å². The predicted octanol–water partition coefficient (Wildman–Crippen LogP) is 2.75. The molecule has 3 nitrogen and oxygen atoms in total. The van der Waals surface area contributed by atoms with Gasteiger partial charge in [0.25, 0.3) is 0 Å². The van der Waals surface area contributed by atoms with Crippen LogP contribution < -0.4 is 0 Å². The normalized spacial score (nSPS) is 19.1. The number of carbonyl (C=O) groups excluding carboxylic acids is 2. The van der Waals surface area contributed by atoms with Crippen LogP contribution >= 0.6 is 23.2 Å². The van der Waals surface area contributed by atoms with Crippen LogP contribution in [0.4, 0.5) is 0 Å². The first kappa shape index (κ1) is 12.0. The summed E-state index contributed by atoms with van der Waals surface area (Å²) in [5.74, 6) is -2.07. The molecule has 1 aromatic carbocycles. The van der Waals surface area contributed by atoms with Crippen LogP contribution in [0.25, 0.3) is 0 Å². The second-order valence-corrected chi connectivity index (χ2v) is 4.24. The highest BCUT2D eigenvalue weighted by molar-refractivity contribution is 6.45. The van der Waals surface area contributed by atoms with Crippen molar-refractivity contribution < 1.29 is 9.59 Å². The zero-order valence-electron chi connectivity index (χ0n) is 8.48. The van der Waals surface area contributed by atoms with Gasteiger partial charge in [-0.2, -0.15) is 0 Å². The minimum Gasteiger partial charge on any atom is -0.293 e. The Balaban J connectivity index is 2.39. The molecule has 0 saturated carbocycles. The van der Waals surface area contributed by atoms with Gasteiger partial charge in [0.15, 0.2) is 11.6 Å². The molecule has 0 N–H and O–H groups in total. The molecule has 1 unspecified atom stereocenters. The molecule has 17 heavy (non-hydrogen) atoms. The van der Waals surface area contributed by atoms with Crippen LogP contribution in [-0.2, 0) is 4.79 Å². The Kier molecular flexibility index (Phi) is 3.41. The van der Waals surface area contributed by atoms with Crippen LogP contribution in [0.5, 0.6) is 0 Å². The number of carbonyl (C=O) groups is 2. The fourth-order valence-electron chi connectivity index (χ4n) is 1.48. The average Bonchev–Trinajstić information content (AvgIpc) is 2.29. The maximum Gasteiger partial charge on any atom is 0.199 e. The molecule has 2 rings (SSSR count). The largest absolute Gasteiger partial charge is 0.293 e. The predicted molar refractivity (Wildman–Crippen MR) is 65.7 cm³/mol. The van der Waals surface area contributed by atoms with Gasteiger partial charge in [-0.3, -0.25) is 9.59 Å². The highest BCUT2D eigenvalue weighted by Gasteiger charge is 2.32. The lowest BCUT2D eigenvalue weighted by Crippen LogP contribution is -2.27. The quantitative estimate of drug-likeness (QED) is 0.611. The van der Waals surface area contributed by atoms with Crippen LogP contribution in [0.3, 0.4) is 0 Å². The monoisotopic (exact) mass is 266 g/mol. The molecule has 0 saturated heterocycles. The van der Waals surface area contributed by atoms with Crippen molar-refractivity contribution >= 4 is 41.0 Å². The van der Waals surface area contributed by atoms with Crippen molar-refractivity contribution in [1.82, 2.24) is 0 Å². The average molecular weight is 267 g/mol. The van der Waals surface area contributed by atoms with Crippen LogP contribution in [0.1, 0.15) is 10.4 Å². The molecule has 0 aromatic heterocycles. The molecule has 0 aliphatic carbocycles. The van der Waals surface area contributed by atoms with Crippen LogP contribution in [0.15, 0.2) is 40.5 Å². The number of allylic oxidation sites excluding steroid dienone is 1. The van der Waals surface area contributed by atoms with E-state index in [0.717, 1.165) is 0 Å². The number of hydrogen-bond acceptors (Lipinski definition) is 3. The van der Waals surface area contributed by atoms with E-state index in [9.17, 15) is 9.59 Å². The number of aliphatic imine (C=N–C) groups is 1. The van der Waals surface area contributed by atoms with Gasteiger partial charge in [0, 0.05) is 11.8 Å². The van der Waals surface area contributed by atoms with E-state index in [1.807, 2.05) is 0 Å². The van der Waals surface area contributed by atoms with Gasteiger partial charge in [-0.25, -0.2) is 4.99 Å². The van der Waals surface area contributed by atoms with Gasteiger partial charge < -0.3 is 0 Å². The summed E-state index contributed by atoms with van der Waals surface area (Å²) in [6.07, 6.45) is 3.43. The topological polar surface area (TPSA) is 46.5 Å². The summed E-state index contributed by atoms with van der Waals surface area (Å²) in [5.41, 5.74) is 0.266. The summed E-state index contributed by atoms with van der Waals surface area (Å²) in [4.78, 5) is 27.2. The standard InChI is InChI=1S/C12H6Cl2NO2/c13-8-4-2-1-3-7(8)12(17)11-9(14)5-15-6-10(11)16/h1-5,11H. The summed E-state index contributed by atoms with van der Waals surface area (Å²) in [6.45, 7) is 0. The number of Topliss-reactive ketones (excluding diaryl/α,β-unsaturated/α-hetero) is 2. The number of benzene rings is 1. The molecule has 5 heteroatoms. The molecule has 0 amide bonds. The minimum atomic E-state index is -1.07. The van der Waals surface area contributed by atoms with E-state index in [4.69, 9.17) is 23.2 Å². The molecule has 0 spiro atoms. The lowest BCUT2D eigenvalue weighted by atomic mass is 9.93. The third-order valence-electron chi connectivity index (χ3n) is 2.30. The minimum absolute atomic E-state index is 0.0821. The van der Waals surface area contributed by atoms with Gasteiger partial charge in [0.2, 0.25) is 0 Å². The van der Waals surface area contributed by atoms with Crippen molar-refractivity contribution in [1.29, 1.82) is 0 Å². The van der Waals surface area contributed by atoms with Crippen molar-refractivity contribution in [2.24, 2.45) is 10.9 Å². The molecule has 1 atom stereocenters. The van der Waals surface area contributed by atoms with Crippen molar-refractivity contribution in [3.05, 3.63) is 46.1 Å². The van der Waals surface area contributed by atoms with Gasteiger partial charge in [-0.1, -0.05) is 35.3 Å². The van der Waals surface area contributed by atoms with Gasteiger partial charge in [-0.05, 0) is 12.1 Å². The molecular formula is C12H6Cl2NO2. The fourth-order valence-corrected chi connectivity index (χ4v) is 1.96. The Morgan fingerprint density at radius 3 is 2.65 bits per heavy atom. The Labute approximate surface area is 108 Å². The van der Waals surface area contributed by atoms with Gasteiger partial charge in [-0.15, -0.1) is 0 Å². The van der Waals surface area contributed by atoms with Gasteiger partial charge in [0.1, 0.15) is 12.1 Å².